The molecule has 0 bridgehead atoms. The number of halogens is 1. The van der Waals surface area contributed by atoms with Crippen LogP contribution in [0, 0.1) is 17.2 Å². The molecule has 0 aromatic heterocycles. The number of carbonyl (C=O) groups is 1. The summed E-state index contributed by atoms with van der Waals surface area (Å²) in [5.74, 6) is -0.418. The van der Waals surface area contributed by atoms with E-state index in [0.717, 1.165) is 4.47 Å². The van der Waals surface area contributed by atoms with Crippen LogP contribution in [-0.4, -0.2) is 12.5 Å². The predicted molar refractivity (Wildman–Crippen MR) is 65.7 cm³/mol. The molecular weight excluding hydrogens is 270 g/mol. The van der Waals surface area contributed by atoms with Crippen LogP contribution < -0.4 is 11.1 Å². The van der Waals surface area contributed by atoms with Crippen LogP contribution in [0.4, 0.5) is 5.69 Å². The van der Waals surface area contributed by atoms with Gasteiger partial charge in [-0.1, -0.05) is 0 Å². The number of hydrogen-bond donors (Lipinski definition) is 2. The summed E-state index contributed by atoms with van der Waals surface area (Å²) in [4.78, 5) is 11.6. The lowest BCUT2D eigenvalue weighted by Crippen LogP contribution is -2.27. The molecule has 0 aliphatic carbocycles. The molecule has 3 N–H and O–H groups in total. The van der Waals surface area contributed by atoms with Crippen molar-refractivity contribution in [2.75, 3.05) is 12.3 Å². The van der Waals surface area contributed by atoms with E-state index in [1.165, 1.54) is 0 Å². The van der Waals surface area contributed by atoms with Crippen molar-refractivity contribution < 1.29 is 4.79 Å². The molecule has 16 heavy (non-hydrogen) atoms. The lowest BCUT2D eigenvalue weighted by atomic mass is 10.1. The fourth-order valence-electron chi connectivity index (χ4n) is 1.08. The topological polar surface area (TPSA) is 78.9 Å². The van der Waals surface area contributed by atoms with Crippen LogP contribution in [0.25, 0.3) is 0 Å². The summed E-state index contributed by atoms with van der Waals surface area (Å²) >= 11 is 3.25. The number of anilines is 1. The Morgan fingerprint density at radius 3 is 2.94 bits per heavy atom. The average molecular weight is 282 g/mol. The Kier molecular flexibility index (Phi) is 4.32. The molecule has 0 radical (unpaired) electrons. The molecule has 1 aromatic rings. The number of rotatable bonds is 3. The molecule has 0 heterocycles. The normalized spacial score (nSPS) is 11.6. The zero-order chi connectivity index (χ0) is 12.1. The zero-order valence-electron chi connectivity index (χ0n) is 8.83. The summed E-state index contributed by atoms with van der Waals surface area (Å²) in [6.45, 7) is 2.08. The van der Waals surface area contributed by atoms with Crippen molar-refractivity contribution in [1.29, 1.82) is 5.26 Å². The Hall–Kier alpha value is -1.54. The van der Waals surface area contributed by atoms with Crippen LogP contribution in [0.2, 0.25) is 0 Å². The van der Waals surface area contributed by atoms with E-state index in [0.29, 0.717) is 17.8 Å². The zero-order valence-corrected chi connectivity index (χ0v) is 10.4. The molecule has 0 aliphatic heterocycles. The van der Waals surface area contributed by atoms with Gasteiger partial charge in [-0.15, -0.1) is 0 Å². The second-order valence-corrected chi connectivity index (χ2v) is 4.33. The number of benzene rings is 1. The summed E-state index contributed by atoms with van der Waals surface area (Å²) < 4.78 is 0.759. The monoisotopic (exact) mass is 281 g/mol. The van der Waals surface area contributed by atoms with Gasteiger partial charge in [0.2, 0.25) is 0 Å². The number of nitriles is 1. The van der Waals surface area contributed by atoms with Crippen LogP contribution in [0.3, 0.4) is 0 Å². The van der Waals surface area contributed by atoms with Gasteiger partial charge in [-0.2, -0.15) is 5.26 Å². The lowest BCUT2D eigenvalue weighted by Gasteiger charge is -2.07. The second-order valence-electron chi connectivity index (χ2n) is 3.48. The molecule has 0 aliphatic rings. The number of carbonyl (C=O) groups excluding carboxylic acids is 1. The molecule has 5 heteroatoms. The summed E-state index contributed by atoms with van der Waals surface area (Å²) in [7, 11) is 0. The summed E-state index contributed by atoms with van der Waals surface area (Å²) in [5.41, 5.74) is 6.67. The first-order valence-electron chi connectivity index (χ1n) is 4.77. The molecule has 1 rings (SSSR count). The van der Waals surface area contributed by atoms with E-state index in [1.807, 2.05) is 6.07 Å². The maximum absolute atomic E-state index is 11.6. The average Bonchev–Trinajstić information content (AvgIpc) is 2.29. The molecule has 0 fully saturated rings. The first kappa shape index (κ1) is 12.5. The molecule has 1 unspecified atom stereocenters. The standard InChI is InChI=1S/C11H12BrN3O/c1-7(5-13)6-15-11(16)8-2-3-9(12)10(14)4-8/h2-4,7H,6,14H2,1H3,(H,15,16). The van der Waals surface area contributed by atoms with Gasteiger partial charge < -0.3 is 11.1 Å². The second kappa shape index (κ2) is 5.52. The molecular formula is C11H12BrN3O. The number of amides is 1. The van der Waals surface area contributed by atoms with Crippen LogP contribution in [0.5, 0.6) is 0 Å². The van der Waals surface area contributed by atoms with E-state index >= 15 is 0 Å². The molecule has 4 nitrogen and oxygen atoms in total. The van der Waals surface area contributed by atoms with Gasteiger partial charge in [-0.3, -0.25) is 4.79 Å². The fraction of sp³-hybridized carbons (Fsp3) is 0.273. The third-order valence-electron chi connectivity index (χ3n) is 2.05. The van der Waals surface area contributed by atoms with Gasteiger partial charge in [0.15, 0.2) is 0 Å². The van der Waals surface area contributed by atoms with Crippen molar-refractivity contribution in [3.05, 3.63) is 28.2 Å². The van der Waals surface area contributed by atoms with Gasteiger partial charge in [0.1, 0.15) is 0 Å². The Morgan fingerprint density at radius 1 is 1.69 bits per heavy atom. The van der Waals surface area contributed by atoms with Crippen molar-refractivity contribution in [2.24, 2.45) is 5.92 Å². The Balaban J connectivity index is 2.67. The maximum atomic E-state index is 11.6. The highest BCUT2D eigenvalue weighted by molar-refractivity contribution is 9.10. The molecule has 84 valence electrons. The molecule has 0 saturated carbocycles. The van der Waals surface area contributed by atoms with Gasteiger partial charge in [0.25, 0.3) is 5.91 Å². The summed E-state index contributed by atoms with van der Waals surface area (Å²) in [6.07, 6.45) is 0. The van der Waals surface area contributed by atoms with Gasteiger partial charge in [0, 0.05) is 22.3 Å². The van der Waals surface area contributed by atoms with E-state index in [4.69, 9.17) is 11.0 Å². The quantitative estimate of drug-likeness (QED) is 0.831. The van der Waals surface area contributed by atoms with Crippen molar-refractivity contribution in [2.45, 2.75) is 6.92 Å². The smallest absolute Gasteiger partial charge is 0.251 e. The molecule has 1 aromatic carbocycles. The number of nitrogens with one attached hydrogen (secondary N) is 1. The number of hydrogen-bond acceptors (Lipinski definition) is 3. The van der Waals surface area contributed by atoms with Gasteiger partial charge in [-0.05, 0) is 41.1 Å². The molecule has 1 atom stereocenters. The Bertz CT molecular complexity index is 439. The van der Waals surface area contributed by atoms with Crippen LogP contribution in [0.15, 0.2) is 22.7 Å². The third kappa shape index (κ3) is 3.24. The first-order chi connectivity index (χ1) is 7.54. The minimum atomic E-state index is -0.221. The Morgan fingerprint density at radius 2 is 2.38 bits per heavy atom. The van der Waals surface area contributed by atoms with E-state index in [9.17, 15) is 4.79 Å². The summed E-state index contributed by atoms with van der Waals surface area (Å²) in [5, 5.41) is 11.2. The van der Waals surface area contributed by atoms with Crippen molar-refractivity contribution in [3.63, 3.8) is 0 Å². The fourth-order valence-corrected chi connectivity index (χ4v) is 1.33. The van der Waals surface area contributed by atoms with E-state index in [2.05, 4.69) is 21.2 Å². The van der Waals surface area contributed by atoms with Crippen molar-refractivity contribution >= 4 is 27.5 Å². The first-order valence-corrected chi connectivity index (χ1v) is 5.56. The van der Waals surface area contributed by atoms with Gasteiger partial charge >= 0.3 is 0 Å². The minimum absolute atomic E-state index is 0.197. The molecule has 0 saturated heterocycles. The highest BCUT2D eigenvalue weighted by Gasteiger charge is 2.08. The number of nitrogen functional groups attached to an aromatic ring is 1. The Labute approximate surface area is 103 Å². The highest BCUT2D eigenvalue weighted by Crippen LogP contribution is 2.20. The largest absolute Gasteiger partial charge is 0.398 e. The van der Waals surface area contributed by atoms with E-state index in [-0.39, 0.29) is 11.8 Å². The lowest BCUT2D eigenvalue weighted by molar-refractivity contribution is 0.0951. The number of nitrogens with zero attached hydrogens (tertiary/aromatic N) is 1. The van der Waals surface area contributed by atoms with E-state index in [1.54, 1.807) is 25.1 Å². The highest BCUT2D eigenvalue weighted by atomic mass is 79.9. The summed E-state index contributed by atoms with van der Waals surface area (Å²) in [6, 6.07) is 7.03. The molecule has 0 spiro atoms. The minimum Gasteiger partial charge on any atom is -0.398 e. The van der Waals surface area contributed by atoms with Crippen LogP contribution in [0.1, 0.15) is 17.3 Å². The predicted octanol–water partition coefficient (Wildman–Crippen LogP) is 1.92. The molecule has 1 amide bonds. The van der Waals surface area contributed by atoms with Crippen molar-refractivity contribution in [1.82, 2.24) is 5.32 Å². The SMILES string of the molecule is CC(C#N)CNC(=O)c1ccc(Br)c(N)c1. The van der Waals surface area contributed by atoms with Gasteiger partial charge in [0.05, 0.1) is 12.0 Å². The van der Waals surface area contributed by atoms with Crippen molar-refractivity contribution in [3.8, 4) is 6.07 Å². The third-order valence-corrected chi connectivity index (χ3v) is 2.77. The van der Waals surface area contributed by atoms with Crippen LogP contribution in [-0.2, 0) is 0 Å². The number of nitrogens with two attached hydrogens (primary N) is 1. The maximum Gasteiger partial charge on any atom is 0.251 e. The van der Waals surface area contributed by atoms with E-state index < -0.39 is 0 Å². The van der Waals surface area contributed by atoms with Gasteiger partial charge in [-0.25, -0.2) is 0 Å². The van der Waals surface area contributed by atoms with Crippen LogP contribution >= 0.6 is 15.9 Å².